The lowest BCUT2D eigenvalue weighted by Gasteiger charge is -2.11. The molecule has 2 heterocycles. The van der Waals surface area contributed by atoms with Crippen LogP contribution < -0.4 is 5.32 Å². The van der Waals surface area contributed by atoms with Gasteiger partial charge < -0.3 is 10.1 Å². The molecule has 0 unspecified atom stereocenters. The van der Waals surface area contributed by atoms with E-state index in [-0.39, 0.29) is 12.5 Å². The zero-order valence-electron chi connectivity index (χ0n) is 11.7. The van der Waals surface area contributed by atoms with Crippen LogP contribution in [-0.2, 0) is 16.0 Å². The maximum absolute atomic E-state index is 11.7. The molecular formula is C13H19N3O3S. The van der Waals surface area contributed by atoms with E-state index in [4.69, 9.17) is 4.74 Å². The maximum Gasteiger partial charge on any atom is 0.410 e. The molecule has 20 heavy (non-hydrogen) atoms. The first-order valence-electron chi connectivity index (χ1n) is 6.69. The fraction of sp³-hybridized carbons (Fsp3) is 0.615. The molecule has 110 valence electrons. The Morgan fingerprint density at radius 2 is 2.40 bits per heavy atom. The number of hydrogen-bond donors (Lipinski definition) is 1. The van der Waals surface area contributed by atoms with Crippen LogP contribution in [0.2, 0.25) is 0 Å². The molecule has 2 rings (SSSR count). The highest BCUT2D eigenvalue weighted by Gasteiger charge is 2.23. The number of ether oxygens (including phenoxy) is 1. The molecule has 1 saturated heterocycles. The highest BCUT2D eigenvalue weighted by molar-refractivity contribution is 7.09. The molecule has 2 amide bonds. The summed E-state index contributed by atoms with van der Waals surface area (Å²) < 4.78 is 4.76. The van der Waals surface area contributed by atoms with E-state index in [1.165, 1.54) is 4.90 Å². The summed E-state index contributed by atoms with van der Waals surface area (Å²) in [5, 5.41) is 5.88. The monoisotopic (exact) mass is 297 g/mol. The standard InChI is InChI=1S/C13H19N3O3S/c1-9(2)10-8-20-12(15-10)3-4-14-11(17)7-16-5-6-19-13(16)18/h8-9H,3-7H2,1-2H3,(H,14,17). The van der Waals surface area contributed by atoms with Crippen molar-refractivity contribution >= 4 is 23.3 Å². The summed E-state index contributed by atoms with van der Waals surface area (Å²) in [7, 11) is 0. The lowest BCUT2D eigenvalue weighted by Crippen LogP contribution is -2.38. The number of thiazole rings is 1. The molecule has 0 bridgehead atoms. The lowest BCUT2D eigenvalue weighted by atomic mass is 10.2. The Hall–Kier alpha value is -1.63. The van der Waals surface area contributed by atoms with Crippen molar-refractivity contribution in [2.75, 3.05) is 26.2 Å². The molecule has 1 aliphatic rings. The normalized spacial score (nSPS) is 14.8. The van der Waals surface area contributed by atoms with Gasteiger partial charge in [-0.1, -0.05) is 13.8 Å². The Bertz CT molecular complexity index is 487. The van der Waals surface area contributed by atoms with E-state index in [0.717, 1.165) is 10.7 Å². The Kier molecular flexibility index (Phi) is 4.94. The number of nitrogens with zero attached hydrogens (tertiary/aromatic N) is 2. The summed E-state index contributed by atoms with van der Waals surface area (Å²) in [6.07, 6.45) is 0.301. The van der Waals surface area contributed by atoms with Crippen molar-refractivity contribution in [2.24, 2.45) is 0 Å². The van der Waals surface area contributed by atoms with Gasteiger partial charge in [-0.05, 0) is 5.92 Å². The van der Waals surface area contributed by atoms with Crippen LogP contribution in [0.3, 0.4) is 0 Å². The van der Waals surface area contributed by atoms with Gasteiger partial charge in [0.25, 0.3) is 0 Å². The van der Waals surface area contributed by atoms with E-state index in [1.54, 1.807) is 11.3 Å². The second kappa shape index (κ2) is 6.69. The SMILES string of the molecule is CC(C)c1csc(CCNC(=O)CN2CCOC2=O)n1. The molecule has 1 aromatic heterocycles. The Balaban J connectivity index is 1.69. The summed E-state index contributed by atoms with van der Waals surface area (Å²) in [5.41, 5.74) is 1.09. The van der Waals surface area contributed by atoms with Crippen LogP contribution in [0.1, 0.15) is 30.5 Å². The van der Waals surface area contributed by atoms with E-state index in [1.807, 2.05) is 0 Å². The third kappa shape index (κ3) is 3.93. The molecule has 1 N–H and O–H groups in total. The van der Waals surface area contributed by atoms with Gasteiger partial charge in [-0.25, -0.2) is 9.78 Å². The van der Waals surface area contributed by atoms with E-state index in [0.29, 0.717) is 32.0 Å². The Labute approximate surface area is 122 Å². The van der Waals surface area contributed by atoms with Gasteiger partial charge in [0.15, 0.2) is 0 Å². The molecule has 7 heteroatoms. The summed E-state index contributed by atoms with van der Waals surface area (Å²) in [6, 6.07) is 0. The number of aromatic nitrogens is 1. The summed E-state index contributed by atoms with van der Waals surface area (Å²) in [4.78, 5) is 28.8. The van der Waals surface area contributed by atoms with Crippen molar-refractivity contribution in [3.8, 4) is 0 Å². The minimum Gasteiger partial charge on any atom is -0.448 e. The van der Waals surface area contributed by atoms with Crippen LogP contribution in [0.4, 0.5) is 4.79 Å². The molecule has 0 spiro atoms. The first kappa shape index (κ1) is 14.8. The fourth-order valence-corrected chi connectivity index (χ4v) is 2.77. The first-order chi connectivity index (χ1) is 9.56. The topological polar surface area (TPSA) is 71.5 Å². The molecule has 0 radical (unpaired) electrons. The third-order valence-corrected chi connectivity index (χ3v) is 3.93. The van der Waals surface area contributed by atoms with E-state index >= 15 is 0 Å². The molecular weight excluding hydrogens is 278 g/mol. The van der Waals surface area contributed by atoms with Gasteiger partial charge in [-0.3, -0.25) is 9.69 Å². The van der Waals surface area contributed by atoms with Crippen LogP contribution in [0.25, 0.3) is 0 Å². The predicted octanol–water partition coefficient (Wildman–Crippen LogP) is 1.38. The zero-order valence-corrected chi connectivity index (χ0v) is 12.5. The molecule has 1 fully saturated rings. The van der Waals surface area contributed by atoms with Crippen LogP contribution in [-0.4, -0.2) is 48.1 Å². The maximum atomic E-state index is 11.7. The summed E-state index contributed by atoms with van der Waals surface area (Å²) in [5.74, 6) is 0.264. The predicted molar refractivity (Wildman–Crippen MR) is 75.8 cm³/mol. The number of rotatable bonds is 6. The quantitative estimate of drug-likeness (QED) is 0.861. The average Bonchev–Trinajstić information content (AvgIpc) is 3.00. The van der Waals surface area contributed by atoms with Gasteiger partial charge in [-0.2, -0.15) is 0 Å². The van der Waals surface area contributed by atoms with Gasteiger partial charge in [0.05, 0.1) is 17.2 Å². The summed E-state index contributed by atoms with van der Waals surface area (Å²) >= 11 is 1.62. The van der Waals surface area contributed by atoms with Crippen LogP contribution in [0.15, 0.2) is 5.38 Å². The molecule has 0 atom stereocenters. The average molecular weight is 297 g/mol. The number of carbonyl (C=O) groups is 2. The molecule has 0 saturated carbocycles. The van der Waals surface area contributed by atoms with Gasteiger partial charge in [0.2, 0.25) is 5.91 Å². The van der Waals surface area contributed by atoms with E-state index in [2.05, 4.69) is 29.5 Å². The van der Waals surface area contributed by atoms with Crippen molar-refractivity contribution in [1.82, 2.24) is 15.2 Å². The van der Waals surface area contributed by atoms with Crippen LogP contribution in [0.5, 0.6) is 0 Å². The zero-order chi connectivity index (χ0) is 14.5. The van der Waals surface area contributed by atoms with Crippen molar-refractivity contribution in [1.29, 1.82) is 0 Å². The second-order valence-corrected chi connectivity index (χ2v) is 5.90. The van der Waals surface area contributed by atoms with E-state index < -0.39 is 6.09 Å². The van der Waals surface area contributed by atoms with Gasteiger partial charge in [0.1, 0.15) is 13.2 Å². The van der Waals surface area contributed by atoms with Crippen molar-refractivity contribution in [2.45, 2.75) is 26.2 Å². The van der Waals surface area contributed by atoms with Crippen LogP contribution in [0, 0.1) is 0 Å². The van der Waals surface area contributed by atoms with Crippen LogP contribution >= 0.6 is 11.3 Å². The minimum atomic E-state index is -0.415. The third-order valence-electron chi connectivity index (χ3n) is 3.00. The largest absolute Gasteiger partial charge is 0.448 e. The smallest absolute Gasteiger partial charge is 0.410 e. The molecule has 0 aliphatic carbocycles. The molecule has 0 aromatic carbocycles. The summed E-state index contributed by atoms with van der Waals surface area (Å²) in [6.45, 7) is 5.66. The molecule has 1 aliphatic heterocycles. The first-order valence-corrected chi connectivity index (χ1v) is 7.57. The number of cyclic esters (lactones) is 1. The molecule has 1 aromatic rings. The highest BCUT2D eigenvalue weighted by Crippen LogP contribution is 2.17. The second-order valence-electron chi connectivity index (χ2n) is 4.96. The fourth-order valence-electron chi connectivity index (χ4n) is 1.81. The lowest BCUT2D eigenvalue weighted by molar-refractivity contribution is -0.121. The number of hydrogen-bond acceptors (Lipinski definition) is 5. The number of amides is 2. The highest BCUT2D eigenvalue weighted by atomic mass is 32.1. The van der Waals surface area contributed by atoms with Gasteiger partial charge in [0, 0.05) is 18.3 Å². The minimum absolute atomic E-state index is 0.0634. The van der Waals surface area contributed by atoms with E-state index in [9.17, 15) is 9.59 Å². The van der Waals surface area contributed by atoms with Crippen molar-refractivity contribution in [3.63, 3.8) is 0 Å². The van der Waals surface area contributed by atoms with Crippen molar-refractivity contribution in [3.05, 3.63) is 16.1 Å². The van der Waals surface area contributed by atoms with Crippen molar-refractivity contribution < 1.29 is 14.3 Å². The van der Waals surface area contributed by atoms with Gasteiger partial charge >= 0.3 is 6.09 Å². The number of nitrogens with one attached hydrogen (secondary N) is 1. The Morgan fingerprint density at radius 1 is 1.60 bits per heavy atom. The number of carbonyl (C=O) groups excluding carboxylic acids is 2. The Morgan fingerprint density at radius 3 is 3.00 bits per heavy atom. The molecule has 6 nitrogen and oxygen atoms in total. The van der Waals surface area contributed by atoms with Gasteiger partial charge in [-0.15, -0.1) is 11.3 Å².